The Morgan fingerprint density at radius 3 is 2.39 bits per heavy atom. The first-order valence-electron chi connectivity index (χ1n) is 7.98. The maximum Gasteiger partial charge on any atom is 0.00754 e. The van der Waals surface area contributed by atoms with Gasteiger partial charge >= 0.3 is 0 Å². The highest BCUT2D eigenvalue weighted by Gasteiger charge is 2.39. The predicted molar refractivity (Wildman–Crippen MR) is 77.5 cm³/mol. The van der Waals surface area contributed by atoms with Crippen molar-refractivity contribution in [1.29, 1.82) is 0 Å². The Balaban J connectivity index is 1.50. The van der Waals surface area contributed by atoms with E-state index in [4.69, 9.17) is 0 Å². The summed E-state index contributed by atoms with van der Waals surface area (Å²) in [6, 6.07) is 1.51. The van der Waals surface area contributed by atoms with Crippen molar-refractivity contribution < 1.29 is 0 Å². The molecule has 0 amide bonds. The van der Waals surface area contributed by atoms with Crippen molar-refractivity contribution in [3.05, 3.63) is 12.2 Å². The molecule has 1 nitrogen and oxygen atoms in total. The van der Waals surface area contributed by atoms with Gasteiger partial charge in [-0.25, -0.2) is 0 Å². The molecule has 102 valence electrons. The van der Waals surface area contributed by atoms with Gasteiger partial charge in [-0.2, -0.15) is 0 Å². The van der Waals surface area contributed by atoms with Crippen LogP contribution in [0.3, 0.4) is 0 Å². The maximum atomic E-state index is 3.95. The minimum atomic E-state index is 0.594. The normalized spacial score (nSPS) is 40.3. The molecule has 0 heterocycles. The van der Waals surface area contributed by atoms with E-state index in [0.717, 1.165) is 29.8 Å². The van der Waals surface area contributed by atoms with Crippen LogP contribution in [0, 0.1) is 23.2 Å². The summed E-state index contributed by atoms with van der Waals surface area (Å²) in [7, 11) is 0. The number of fused-ring (bicyclic) bond motifs is 2. The molecule has 18 heavy (non-hydrogen) atoms. The average molecular weight is 247 g/mol. The second-order valence-electron chi connectivity index (χ2n) is 7.84. The fourth-order valence-electron chi connectivity index (χ4n) is 4.46. The third kappa shape index (κ3) is 2.52. The zero-order chi connectivity index (χ0) is 12.8. The molecule has 2 saturated carbocycles. The van der Waals surface area contributed by atoms with Gasteiger partial charge in [-0.15, -0.1) is 0 Å². The van der Waals surface area contributed by atoms with Crippen molar-refractivity contribution in [2.24, 2.45) is 23.2 Å². The van der Waals surface area contributed by atoms with E-state index in [1.807, 2.05) is 0 Å². The third-order valence-corrected chi connectivity index (χ3v) is 5.81. The van der Waals surface area contributed by atoms with E-state index in [1.165, 1.54) is 38.5 Å². The molecule has 0 saturated heterocycles. The van der Waals surface area contributed by atoms with Gasteiger partial charge in [-0.1, -0.05) is 26.0 Å². The van der Waals surface area contributed by atoms with Crippen LogP contribution in [0.4, 0.5) is 0 Å². The monoisotopic (exact) mass is 247 g/mol. The van der Waals surface area contributed by atoms with Crippen LogP contribution >= 0.6 is 0 Å². The van der Waals surface area contributed by atoms with Crippen molar-refractivity contribution in [3.8, 4) is 0 Å². The SMILES string of the molecule is CC(NC1CCC(C)(C)CC1)C1CC2C=CC1C2. The minimum absolute atomic E-state index is 0.594. The highest BCUT2D eigenvalue weighted by Crippen LogP contribution is 2.45. The van der Waals surface area contributed by atoms with Crippen molar-refractivity contribution >= 4 is 0 Å². The first kappa shape index (κ1) is 12.7. The molecule has 0 aromatic heterocycles. The molecule has 1 N–H and O–H groups in total. The van der Waals surface area contributed by atoms with Crippen LogP contribution in [-0.2, 0) is 0 Å². The van der Waals surface area contributed by atoms with Gasteiger partial charge in [0, 0.05) is 12.1 Å². The van der Waals surface area contributed by atoms with E-state index in [1.54, 1.807) is 0 Å². The molecule has 2 bridgehead atoms. The Morgan fingerprint density at radius 1 is 1.11 bits per heavy atom. The summed E-state index contributed by atoms with van der Waals surface area (Å²) in [5.41, 5.74) is 0.594. The average Bonchev–Trinajstić information content (AvgIpc) is 2.94. The first-order valence-corrected chi connectivity index (χ1v) is 7.98. The number of hydrogen-bond acceptors (Lipinski definition) is 1. The molecule has 2 fully saturated rings. The minimum Gasteiger partial charge on any atom is -0.311 e. The van der Waals surface area contributed by atoms with Crippen molar-refractivity contribution in [3.63, 3.8) is 0 Å². The van der Waals surface area contributed by atoms with E-state index < -0.39 is 0 Å². The summed E-state index contributed by atoms with van der Waals surface area (Å²) < 4.78 is 0. The van der Waals surface area contributed by atoms with Crippen LogP contribution in [-0.4, -0.2) is 12.1 Å². The van der Waals surface area contributed by atoms with E-state index in [2.05, 4.69) is 38.2 Å². The lowest BCUT2D eigenvalue weighted by Crippen LogP contribution is -2.44. The summed E-state index contributed by atoms with van der Waals surface area (Å²) in [6.45, 7) is 7.28. The summed E-state index contributed by atoms with van der Waals surface area (Å²) in [5.74, 6) is 2.71. The van der Waals surface area contributed by atoms with Crippen LogP contribution in [0.1, 0.15) is 59.3 Å². The van der Waals surface area contributed by atoms with Gasteiger partial charge in [-0.05, 0) is 68.6 Å². The molecule has 0 aromatic rings. The quantitative estimate of drug-likeness (QED) is 0.739. The molecule has 4 unspecified atom stereocenters. The highest BCUT2D eigenvalue weighted by atomic mass is 15.0. The summed E-state index contributed by atoms with van der Waals surface area (Å²) in [5, 5.41) is 3.95. The summed E-state index contributed by atoms with van der Waals surface area (Å²) >= 11 is 0. The lowest BCUT2D eigenvalue weighted by atomic mass is 9.75. The van der Waals surface area contributed by atoms with Crippen molar-refractivity contribution in [2.45, 2.75) is 71.4 Å². The number of allylic oxidation sites excluding steroid dienone is 2. The van der Waals surface area contributed by atoms with Gasteiger partial charge in [0.05, 0.1) is 0 Å². The second kappa shape index (κ2) is 4.67. The number of rotatable bonds is 3. The zero-order valence-corrected chi connectivity index (χ0v) is 12.3. The molecule has 0 spiro atoms. The molecule has 0 radical (unpaired) electrons. The molecular formula is C17H29N. The highest BCUT2D eigenvalue weighted by molar-refractivity contribution is 5.11. The zero-order valence-electron chi connectivity index (χ0n) is 12.3. The first-order chi connectivity index (χ1) is 8.53. The van der Waals surface area contributed by atoms with Crippen LogP contribution in [0.5, 0.6) is 0 Å². The van der Waals surface area contributed by atoms with Crippen molar-refractivity contribution in [2.75, 3.05) is 0 Å². The predicted octanol–water partition coefficient (Wildman–Crippen LogP) is 4.15. The van der Waals surface area contributed by atoms with Crippen LogP contribution < -0.4 is 5.32 Å². The lowest BCUT2D eigenvalue weighted by Gasteiger charge is -2.37. The van der Waals surface area contributed by atoms with Gasteiger partial charge in [-0.3, -0.25) is 0 Å². The van der Waals surface area contributed by atoms with Gasteiger partial charge in [0.2, 0.25) is 0 Å². The molecule has 3 aliphatic rings. The number of nitrogens with one attached hydrogen (secondary N) is 1. The van der Waals surface area contributed by atoms with Gasteiger partial charge in [0.15, 0.2) is 0 Å². The summed E-state index contributed by atoms with van der Waals surface area (Å²) in [4.78, 5) is 0. The van der Waals surface area contributed by atoms with Gasteiger partial charge in [0.25, 0.3) is 0 Å². The topological polar surface area (TPSA) is 12.0 Å². The van der Waals surface area contributed by atoms with E-state index in [-0.39, 0.29) is 0 Å². The molecule has 3 rings (SSSR count). The molecule has 1 heteroatoms. The van der Waals surface area contributed by atoms with Crippen LogP contribution in [0.15, 0.2) is 12.2 Å². The van der Waals surface area contributed by atoms with Gasteiger partial charge < -0.3 is 5.32 Å². The van der Waals surface area contributed by atoms with E-state index in [9.17, 15) is 0 Å². The van der Waals surface area contributed by atoms with Crippen LogP contribution in [0.2, 0.25) is 0 Å². The maximum absolute atomic E-state index is 3.95. The second-order valence-corrected chi connectivity index (χ2v) is 7.84. The fraction of sp³-hybridized carbons (Fsp3) is 0.882. The molecule has 4 atom stereocenters. The fourth-order valence-corrected chi connectivity index (χ4v) is 4.46. The van der Waals surface area contributed by atoms with Crippen LogP contribution in [0.25, 0.3) is 0 Å². The Labute approximate surface area is 112 Å². The Morgan fingerprint density at radius 2 is 1.83 bits per heavy atom. The standard InChI is InChI=1S/C17H29N/c1-12(16-11-13-4-5-14(16)10-13)18-15-6-8-17(2,3)9-7-15/h4-5,12-16,18H,6-11H2,1-3H3. The van der Waals surface area contributed by atoms with Gasteiger partial charge in [0.1, 0.15) is 0 Å². The molecule has 0 aliphatic heterocycles. The smallest absolute Gasteiger partial charge is 0.00754 e. The number of hydrogen-bond donors (Lipinski definition) is 1. The van der Waals surface area contributed by atoms with E-state index >= 15 is 0 Å². The third-order valence-electron chi connectivity index (χ3n) is 5.81. The molecular weight excluding hydrogens is 218 g/mol. The Kier molecular flexibility index (Phi) is 3.30. The molecule has 0 aromatic carbocycles. The largest absolute Gasteiger partial charge is 0.311 e. The summed E-state index contributed by atoms with van der Waals surface area (Å²) in [6.07, 6.45) is 13.4. The van der Waals surface area contributed by atoms with E-state index in [0.29, 0.717) is 5.41 Å². The molecule has 3 aliphatic carbocycles. The lowest BCUT2D eigenvalue weighted by molar-refractivity contribution is 0.185. The Bertz CT molecular complexity index is 321. The Hall–Kier alpha value is -0.300. The van der Waals surface area contributed by atoms with Crippen molar-refractivity contribution in [1.82, 2.24) is 5.32 Å².